The molecule has 0 aromatic carbocycles. The van der Waals surface area contributed by atoms with Gasteiger partial charge < -0.3 is 15.6 Å². The minimum Gasteiger partial charge on any atom is -0.355 e. The first-order chi connectivity index (χ1) is 5.79. The Kier molecular flexibility index (Phi) is 3.13. The van der Waals surface area contributed by atoms with Gasteiger partial charge in [0.1, 0.15) is 0 Å². The van der Waals surface area contributed by atoms with E-state index in [4.69, 9.17) is 0 Å². The van der Waals surface area contributed by atoms with Gasteiger partial charge in [-0.15, -0.1) is 0 Å². The largest absolute Gasteiger partial charge is 0.355 e. The Morgan fingerprint density at radius 1 is 1.67 bits per heavy atom. The monoisotopic (exact) mass is 168 g/mol. The summed E-state index contributed by atoms with van der Waals surface area (Å²) in [5.74, 6) is 0.705. The normalized spacial score (nSPS) is 9.42. The summed E-state index contributed by atoms with van der Waals surface area (Å²) in [7, 11) is 0. The van der Waals surface area contributed by atoms with Gasteiger partial charge in [0, 0.05) is 32.4 Å². The lowest BCUT2D eigenvalue weighted by molar-refractivity contribution is -0.118. The molecule has 5 heteroatoms. The van der Waals surface area contributed by atoms with Crippen LogP contribution in [0.15, 0.2) is 12.4 Å². The van der Waals surface area contributed by atoms with Crippen molar-refractivity contribution in [2.45, 2.75) is 6.92 Å². The fourth-order valence-electron chi connectivity index (χ4n) is 0.781. The van der Waals surface area contributed by atoms with Gasteiger partial charge in [-0.25, -0.2) is 4.98 Å². The Labute approximate surface area is 70.6 Å². The molecule has 5 nitrogen and oxygen atoms in total. The van der Waals surface area contributed by atoms with Crippen molar-refractivity contribution in [2.24, 2.45) is 0 Å². The van der Waals surface area contributed by atoms with E-state index in [-0.39, 0.29) is 5.91 Å². The van der Waals surface area contributed by atoms with Gasteiger partial charge >= 0.3 is 0 Å². The van der Waals surface area contributed by atoms with Crippen molar-refractivity contribution in [3.63, 3.8) is 0 Å². The fourth-order valence-corrected chi connectivity index (χ4v) is 0.781. The molecule has 1 amide bonds. The van der Waals surface area contributed by atoms with Crippen LogP contribution in [0.3, 0.4) is 0 Å². The summed E-state index contributed by atoms with van der Waals surface area (Å²) in [6.07, 6.45) is 3.40. The van der Waals surface area contributed by atoms with Crippen molar-refractivity contribution in [1.29, 1.82) is 0 Å². The molecule has 0 saturated heterocycles. The van der Waals surface area contributed by atoms with Crippen LogP contribution in [0.2, 0.25) is 0 Å². The molecule has 0 radical (unpaired) electrons. The van der Waals surface area contributed by atoms with Crippen LogP contribution < -0.4 is 10.6 Å². The predicted molar refractivity (Wildman–Crippen MR) is 45.8 cm³/mol. The Morgan fingerprint density at radius 3 is 3.08 bits per heavy atom. The summed E-state index contributed by atoms with van der Waals surface area (Å²) >= 11 is 0. The van der Waals surface area contributed by atoms with Crippen molar-refractivity contribution in [3.8, 4) is 0 Å². The molecule has 0 unspecified atom stereocenters. The fraction of sp³-hybridized carbons (Fsp3) is 0.429. The average molecular weight is 168 g/mol. The lowest BCUT2D eigenvalue weighted by Crippen LogP contribution is -2.26. The second-order valence-corrected chi connectivity index (χ2v) is 2.35. The zero-order chi connectivity index (χ0) is 8.81. The van der Waals surface area contributed by atoms with Crippen LogP contribution in [0.5, 0.6) is 0 Å². The first kappa shape index (κ1) is 8.58. The number of amides is 1. The van der Waals surface area contributed by atoms with E-state index in [1.54, 1.807) is 12.4 Å². The second kappa shape index (κ2) is 4.38. The summed E-state index contributed by atoms with van der Waals surface area (Å²) in [4.78, 5) is 17.3. The van der Waals surface area contributed by atoms with Crippen LogP contribution in [0, 0.1) is 0 Å². The number of imidazole rings is 1. The van der Waals surface area contributed by atoms with E-state index in [9.17, 15) is 4.79 Å². The predicted octanol–water partition coefficient (Wildman–Crippen LogP) is -0.0423. The van der Waals surface area contributed by atoms with Crippen molar-refractivity contribution < 1.29 is 4.79 Å². The highest BCUT2D eigenvalue weighted by Gasteiger charge is 1.92. The van der Waals surface area contributed by atoms with Crippen LogP contribution >= 0.6 is 0 Å². The summed E-state index contributed by atoms with van der Waals surface area (Å²) in [5, 5.41) is 5.66. The van der Waals surface area contributed by atoms with Gasteiger partial charge in [0.05, 0.1) is 0 Å². The summed E-state index contributed by atoms with van der Waals surface area (Å²) < 4.78 is 0. The van der Waals surface area contributed by atoms with Gasteiger partial charge in [-0.1, -0.05) is 0 Å². The standard InChI is InChI=1S/C7H12N4O/c1-6(12)8-2-3-9-7-10-4-5-11-7/h4-5H,2-3H2,1H3,(H,8,12)(H2,9,10,11). The average Bonchev–Trinajstić information content (AvgIpc) is 2.49. The first-order valence-corrected chi connectivity index (χ1v) is 3.77. The smallest absolute Gasteiger partial charge is 0.216 e. The third kappa shape index (κ3) is 3.05. The zero-order valence-electron chi connectivity index (χ0n) is 6.92. The van der Waals surface area contributed by atoms with E-state index >= 15 is 0 Å². The molecule has 66 valence electrons. The second-order valence-electron chi connectivity index (χ2n) is 2.35. The molecule has 0 fully saturated rings. The molecule has 3 N–H and O–H groups in total. The minimum atomic E-state index is -0.0174. The van der Waals surface area contributed by atoms with E-state index < -0.39 is 0 Å². The van der Waals surface area contributed by atoms with Gasteiger partial charge in [0.15, 0.2) is 5.95 Å². The number of aromatic nitrogens is 2. The first-order valence-electron chi connectivity index (χ1n) is 3.77. The van der Waals surface area contributed by atoms with Crippen molar-refractivity contribution in [1.82, 2.24) is 15.3 Å². The minimum absolute atomic E-state index is 0.0174. The summed E-state index contributed by atoms with van der Waals surface area (Å²) in [6, 6.07) is 0. The molecule has 0 aliphatic rings. The van der Waals surface area contributed by atoms with Crippen LogP contribution in [-0.4, -0.2) is 29.0 Å². The Hall–Kier alpha value is -1.52. The Bertz CT molecular complexity index is 232. The molecule has 0 aliphatic carbocycles. The highest BCUT2D eigenvalue weighted by atomic mass is 16.1. The molecule has 0 spiro atoms. The summed E-state index contributed by atoms with van der Waals surface area (Å²) in [6.45, 7) is 2.77. The van der Waals surface area contributed by atoms with E-state index in [1.807, 2.05) is 0 Å². The van der Waals surface area contributed by atoms with Crippen LogP contribution in [0.1, 0.15) is 6.92 Å². The lowest BCUT2D eigenvalue weighted by atomic mass is 10.6. The number of hydrogen-bond donors (Lipinski definition) is 3. The molecule has 1 aromatic rings. The third-order valence-corrected chi connectivity index (χ3v) is 1.29. The summed E-state index contributed by atoms with van der Waals surface area (Å²) in [5.41, 5.74) is 0. The number of hydrogen-bond acceptors (Lipinski definition) is 3. The molecule has 1 heterocycles. The van der Waals surface area contributed by atoms with E-state index in [1.165, 1.54) is 6.92 Å². The molecule has 1 aromatic heterocycles. The van der Waals surface area contributed by atoms with E-state index in [2.05, 4.69) is 20.6 Å². The lowest BCUT2D eigenvalue weighted by Gasteiger charge is -2.02. The maximum atomic E-state index is 10.4. The maximum absolute atomic E-state index is 10.4. The molecule has 0 bridgehead atoms. The number of H-pyrrole nitrogens is 1. The van der Waals surface area contributed by atoms with Gasteiger partial charge in [0.25, 0.3) is 0 Å². The van der Waals surface area contributed by atoms with E-state index in [0.29, 0.717) is 13.1 Å². The number of nitrogens with one attached hydrogen (secondary N) is 3. The number of rotatable bonds is 4. The third-order valence-electron chi connectivity index (χ3n) is 1.29. The molecule has 1 rings (SSSR count). The molecular formula is C7H12N4O. The van der Waals surface area contributed by atoms with Crippen molar-refractivity contribution in [2.75, 3.05) is 18.4 Å². The van der Waals surface area contributed by atoms with Crippen molar-refractivity contribution >= 4 is 11.9 Å². The maximum Gasteiger partial charge on any atom is 0.216 e. The molecule has 0 atom stereocenters. The molecule has 12 heavy (non-hydrogen) atoms. The van der Waals surface area contributed by atoms with Gasteiger partial charge in [-0.3, -0.25) is 4.79 Å². The van der Waals surface area contributed by atoms with Gasteiger partial charge in [-0.05, 0) is 0 Å². The SMILES string of the molecule is CC(=O)NCCNc1ncc[nH]1. The highest BCUT2D eigenvalue weighted by Crippen LogP contribution is 1.91. The Balaban J connectivity index is 2.07. The zero-order valence-corrected chi connectivity index (χ0v) is 6.92. The number of anilines is 1. The molecule has 0 aliphatic heterocycles. The van der Waals surface area contributed by atoms with Crippen molar-refractivity contribution in [3.05, 3.63) is 12.4 Å². The van der Waals surface area contributed by atoms with Crippen LogP contribution in [0.25, 0.3) is 0 Å². The van der Waals surface area contributed by atoms with Crippen LogP contribution in [-0.2, 0) is 4.79 Å². The quantitative estimate of drug-likeness (QED) is 0.552. The number of nitrogens with zero attached hydrogens (tertiary/aromatic N) is 1. The molecular weight excluding hydrogens is 156 g/mol. The number of carbonyl (C=O) groups is 1. The topological polar surface area (TPSA) is 69.8 Å². The Morgan fingerprint density at radius 2 is 2.50 bits per heavy atom. The van der Waals surface area contributed by atoms with Gasteiger partial charge in [0.2, 0.25) is 5.91 Å². The number of aromatic amines is 1. The van der Waals surface area contributed by atoms with Crippen LogP contribution in [0.4, 0.5) is 5.95 Å². The molecule has 0 saturated carbocycles. The van der Waals surface area contributed by atoms with E-state index in [0.717, 1.165) is 5.95 Å². The highest BCUT2D eigenvalue weighted by molar-refractivity contribution is 5.72. The van der Waals surface area contributed by atoms with Gasteiger partial charge in [-0.2, -0.15) is 0 Å². The number of carbonyl (C=O) groups excluding carboxylic acids is 1.